The third kappa shape index (κ3) is 3.99. The first-order valence-electron chi connectivity index (χ1n) is 8.70. The van der Waals surface area contributed by atoms with Gasteiger partial charge >= 0.3 is 0 Å². The van der Waals surface area contributed by atoms with Gasteiger partial charge < -0.3 is 5.11 Å². The minimum absolute atomic E-state index is 0.0278. The fourth-order valence-corrected chi connectivity index (χ4v) is 4.83. The van der Waals surface area contributed by atoms with Gasteiger partial charge in [-0.1, -0.05) is 42.5 Å². The van der Waals surface area contributed by atoms with Gasteiger partial charge in [0.1, 0.15) is 21.2 Å². The van der Waals surface area contributed by atoms with Crippen LogP contribution in [0.5, 0.6) is 5.75 Å². The first-order valence-corrected chi connectivity index (χ1v) is 11.6. The van der Waals surface area contributed by atoms with Crippen molar-refractivity contribution in [3.63, 3.8) is 0 Å². The number of rotatable bonds is 4. The highest BCUT2D eigenvalue weighted by atomic mass is 32.2. The Balaban J connectivity index is 1.96. The molecule has 0 bridgehead atoms. The Bertz CT molecular complexity index is 1600. The molecular formula is C20H14N2O7S2. The van der Waals surface area contributed by atoms with Crippen LogP contribution in [0.1, 0.15) is 0 Å². The highest BCUT2D eigenvalue weighted by molar-refractivity contribution is 7.87. The molecule has 0 aliphatic heterocycles. The summed E-state index contributed by atoms with van der Waals surface area (Å²) in [7, 11) is -9.66. The van der Waals surface area contributed by atoms with Gasteiger partial charge in [0, 0.05) is 10.8 Å². The van der Waals surface area contributed by atoms with E-state index in [9.17, 15) is 31.0 Å². The predicted molar refractivity (Wildman–Crippen MR) is 113 cm³/mol. The zero-order valence-corrected chi connectivity index (χ0v) is 17.2. The van der Waals surface area contributed by atoms with Crippen LogP contribution >= 0.6 is 0 Å². The van der Waals surface area contributed by atoms with Crippen molar-refractivity contribution in [2.24, 2.45) is 10.2 Å². The van der Waals surface area contributed by atoms with Crippen molar-refractivity contribution >= 4 is 53.2 Å². The van der Waals surface area contributed by atoms with Crippen molar-refractivity contribution in [3.8, 4) is 5.75 Å². The molecule has 31 heavy (non-hydrogen) atoms. The van der Waals surface area contributed by atoms with Crippen LogP contribution in [0.3, 0.4) is 0 Å². The minimum Gasteiger partial charge on any atom is -0.506 e. The van der Waals surface area contributed by atoms with Gasteiger partial charge in [-0.15, -0.1) is 5.11 Å². The average molecular weight is 458 g/mol. The highest BCUT2D eigenvalue weighted by Gasteiger charge is 2.23. The maximum atomic E-state index is 11.9. The Kier molecular flexibility index (Phi) is 4.98. The minimum atomic E-state index is -4.89. The first-order chi connectivity index (χ1) is 14.6. The van der Waals surface area contributed by atoms with E-state index in [0.29, 0.717) is 5.39 Å². The number of phenols is 1. The summed E-state index contributed by atoms with van der Waals surface area (Å²) in [4.78, 5) is -1.43. The second kappa shape index (κ2) is 7.39. The first kappa shape index (κ1) is 20.9. The summed E-state index contributed by atoms with van der Waals surface area (Å²) >= 11 is 0. The smallest absolute Gasteiger partial charge is 0.295 e. The van der Waals surface area contributed by atoms with Crippen LogP contribution in [-0.4, -0.2) is 31.0 Å². The van der Waals surface area contributed by atoms with Crippen LogP contribution in [0.4, 0.5) is 11.4 Å². The molecule has 0 aliphatic carbocycles. The molecule has 0 radical (unpaired) electrons. The third-order valence-electron chi connectivity index (χ3n) is 4.59. The number of fused-ring (bicyclic) bond motifs is 2. The number of azo groups is 1. The van der Waals surface area contributed by atoms with E-state index < -0.39 is 30.0 Å². The van der Waals surface area contributed by atoms with Gasteiger partial charge in [-0.2, -0.15) is 21.9 Å². The molecule has 0 atom stereocenters. The van der Waals surface area contributed by atoms with Gasteiger partial charge in [0.05, 0.1) is 5.69 Å². The summed E-state index contributed by atoms with van der Waals surface area (Å²) < 4.78 is 66.4. The molecule has 4 aromatic rings. The molecule has 4 rings (SSSR count). The van der Waals surface area contributed by atoms with Crippen molar-refractivity contribution in [2.75, 3.05) is 0 Å². The number of phenolic OH excluding ortho intramolecular Hbond substituents is 1. The van der Waals surface area contributed by atoms with Crippen LogP contribution < -0.4 is 0 Å². The molecule has 0 spiro atoms. The van der Waals surface area contributed by atoms with E-state index in [1.807, 2.05) is 12.1 Å². The lowest BCUT2D eigenvalue weighted by Crippen LogP contribution is -2.04. The van der Waals surface area contributed by atoms with Gasteiger partial charge in [-0.3, -0.25) is 9.11 Å². The number of benzene rings is 4. The van der Waals surface area contributed by atoms with E-state index in [2.05, 4.69) is 10.2 Å². The van der Waals surface area contributed by atoms with Crippen molar-refractivity contribution in [1.29, 1.82) is 0 Å². The molecule has 9 nitrogen and oxygen atoms in total. The molecule has 0 aromatic heterocycles. The number of hydrogen-bond donors (Lipinski definition) is 3. The normalized spacial score (nSPS) is 12.7. The monoisotopic (exact) mass is 458 g/mol. The van der Waals surface area contributed by atoms with Crippen LogP contribution in [0.25, 0.3) is 21.5 Å². The number of hydrogen-bond acceptors (Lipinski definition) is 7. The second-order valence-electron chi connectivity index (χ2n) is 6.60. The summed E-state index contributed by atoms with van der Waals surface area (Å²) in [6, 6.07) is 16.2. The molecule has 0 aliphatic rings. The molecule has 0 saturated carbocycles. The van der Waals surface area contributed by atoms with Gasteiger partial charge in [0.15, 0.2) is 0 Å². The van der Waals surface area contributed by atoms with Crippen LogP contribution in [0.15, 0.2) is 86.7 Å². The number of aromatic hydroxyl groups is 1. The summed E-state index contributed by atoms with van der Waals surface area (Å²) in [5.41, 5.74) is 0.123. The summed E-state index contributed by atoms with van der Waals surface area (Å²) in [5, 5.41) is 19.3. The number of nitrogens with zero attached hydrogens (tertiary/aromatic N) is 2. The Hall–Kier alpha value is -3.38. The maximum absolute atomic E-state index is 11.9. The molecular weight excluding hydrogens is 444 g/mol. The Morgan fingerprint density at radius 1 is 0.677 bits per heavy atom. The lowest BCUT2D eigenvalue weighted by molar-refractivity contribution is 0.476. The molecule has 11 heteroatoms. The standard InChI is InChI=1S/C20H14N2O7S2/c23-16-9-8-12-4-1-2-6-15(12)20(16)22-21-14-10-13-5-3-7-17(30(24,25)26)19(13)18(11-14)31(27,28)29/h1-11,23H,(H,24,25,26)(H,27,28,29). The van der Waals surface area contributed by atoms with Crippen LogP contribution in [-0.2, 0) is 20.2 Å². The molecule has 3 N–H and O–H groups in total. The second-order valence-corrected chi connectivity index (χ2v) is 9.38. The lowest BCUT2D eigenvalue weighted by atomic mass is 10.1. The van der Waals surface area contributed by atoms with Gasteiger partial charge in [0.2, 0.25) is 0 Å². The largest absolute Gasteiger partial charge is 0.506 e. The van der Waals surface area contributed by atoms with Crippen LogP contribution in [0, 0.1) is 0 Å². The van der Waals surface area contributed by atoms with Gasteiger partial charge in [0.25, 0.3) is 20.2 Å². The molecule has 158 valence electrons. The van der Waals surface area contributed by atoms with E-state index in [0.717, 1.165) is 17.5 Å². The zero-order chi connectivity index (χ0) is 22.4. The van der Waals surface area contributed by atoms with Crippen molar-refractivity contribution in [3.05, 3.63) is 66.7 Å². The summed E-state index contributed by atoms with van der Waals surface area (Å²) in [6.45, 7) is 0. The lowest BCUT2D eigenvalue weighted by Gasteiger charge is -2.09. The van der Waals surface area contributed by atoms with E-state index in [1.165, 1.54) is 24.3 Å². The molecule has 0 amide bonds. The SMILES string of the molecule is O=S(=O)(O)c1cccc2cc(N=Nc3c(O)ccc4ccccc34)cc(S(=O)(=O)O)c12. The molecule has 0 saturated heterocycles. The highest BCUT2D eigenvalue weighted by Crippen LogP contribution is 2.38. The molecule has 4 aromatic carbocycles. The Morgan fingerprint density at radius 3 is 2.06 bits per heavy atom. The molecule has 0 heterocycles. The quantitative estimate of drug-likeness (QED) is 0.298. The topological polar surface area (TPSA) is 154 Å². The van der Waals surface area contributed by atoms with E-state index in [-0.39, 0.29) is 27.9 Å². The van der Waals surface area contributed by atoms with Crippen molar-refractivity contribution in [1.82, 2.24) is 0 Å². The van der Waals surface area contributed by atoms with E-state index in [4.69, 9.17) is 0 Å². The van der Waals surface area contributed by atoms with Gasteiger partial charge in [-0.25, -0.2) is 0 Å². The van der Waals surface area contributed by atoms with Crippen LogP contribution in [0.2, 0.25) is 0 Å². The average Bonchev–Trinajstić information content (AvgIpc) is 2.70. The van der Waals surface area contributed by atoms with Crippen molar-refractivity contribution in [2.45, 2.75) is 9.79 Å². The molecule has 0 fully saturated rings. The predicted octanol–water partition coefficient (Wildman–Crippen LogP) is 4.61. The third-order valence-corrected chi connectivity index (χ3v) is 6.36. The Labute approximate surface area is 176 Å². The molecule has 0 unspecified atom stereocenters. The maximum Gasteiger partial charge on any atom is 0.295 e. The fourth-order valence-electron chi connectivity index (χ4n) is 3.27. The van der Waals surface area contributed by atoms with Gasteiger partial charge in [-0.05, 0) is 35.0 Å². The van der Waals surface area contributed by atoms with E-state index >= 15 is 0 Å². The fraction of sp³-hybridized carbons (Fsp3) is 0. The zero-order valence-electron chi connectivity index (χ0n) is 15.5. The summed E-state index contributed by atoms with van der Waals surface area (Å²) in [5.74, 6) is -0.146. The van der Waals surface area contributed by atoms with E-state index in [1.54, 1.807) is 18.2 Å². The van der Waals surface area contributed by atoms with Crippen molar-refractivity contribution < 1.29 is 31.0 Å². The summed E-state index contributed by atoms with van der Waals surface area (Å²) in [6.07, 6.45) is 0. The Morgan fingerprint density at radius 2 is 1.35 bits per heavy atom.